The Morgan fingerprint density at radius 2 is 2.15 bits per heavy atom. The van der Waals surface area contributed by atoms with Gasteiger partial charge >= 0.3 is 0 Å². The molecule has 0 rings (SSSR count). The zero-order chi connectivity index (χ0) is 10.1. The average molecular weight is 204 g/mol. The molecule has 0 aliphatic carbocycles. The van der Waals surface area contributed by atoms with E-state index in [9.17, 15) is 0 Å². The number of unbranched alkanes of at least 4 members (excludes halogenated alkanes) is 1. The molecule has 13 heavy (non-hydrogen) atoms. The van der Waals surface area contributed by atoms with Crippen LogP contribution >= 0.6 is 11.8 Å². The Kier molecular flexibility index (Phi) is 9.03. The van der Waals surface area contributed by atoms with Crippen LogP contribution in [0.2, 0.25) is 0 Å². The van der Waals surface area contributed by atoms with Gasteiger partial charge in [0.05, 0.1) is 0 Å². The van der Waals surface area contributed by atoms with Crippen molar-refractivity contribution in [1.29, 1.82) is 0 Å². The van der Waals surface area contributed by atoms with Crippen LogP contribution in [0.25, 0.3) is 0 Å². The standard InChI is InChI=1S/C10H24N2S/c1-4-5-7-12(2)9-10(11)6-8-13-3/h10H,4-9,11H2,1-3H3/t10-/m0/s1. The van der Waals surface area contributed by atoms with Gasteiger partial charge in [-0.2, -0.15) is 11.8 Å². The summed E-state index contributed by atoms with van der Waals surface area (Å²) in [6.07, 6.45) is 5.82. The largest absolute Gasteiger partial charge is 0.327 e. The summed E-state index contributed by atoms with van der Waals surface area (Å²) in [6.45, 7) is 4.45. The van der Waals surface area contributed by atoms with Crippen LogP contribution in [-0.2, 0) is 0 Å². The van der Waals surface area contributed by atoms with Crippen LogP contribution in [0.5, 0.6) is 0 Å². The van der Waals surface area contributed by atoms with Gasteiger partial charge in [-0.15, -0.1) is 0 Å². The molecule has 0 bridgehead atoms. The van der Waals surface area contributed by atoms with E-state index >= 15 is 0 Å². The van der Waals surface area contributed by atoms with Gasteiger partial charge in [0.1, 0.15) is 0 Å². The fraction of sp³-hybridized carbons (Fsp3) is 1.00. The lowest BCUT2D eigenvalue weighted by molar-refractivity contribution is 0.303. The molecule has 0 saturated carbocycles. The fourth-order valence-corrected chi connectivity index (χ4v) is 1.82. The molecule has 0 aliphatic rings. The molecule has 3 heteroatoms. The molecular weight excluding hydrogens is 180 g/mol. The third-order valence-corrected chi connectivity index (χ3v) is 2.78. The summed E-state index contributed by atoms with van der Waals surface area (Å²) >= 11 is 1.88. The smallest absolute Gasteiger partial charge is 0.0175 e. The highest BCUT2D eigenvalue weighted by Gasteiger charge is 2.05. The van der Waals surface area contributed by atoms with Crippen molar-refractivity contribution in [2.24, 2.45) is 5.73 Å². The summed E-state index contributed by atoms with van der Waals surface area (Å²) in [4.78, 5) is 2.34. The van der Waals surface area contributed by atoms with E-state index in [1.807, 2.05) is 11.8 Å². The predicted molar refractivity (Wildman–Crippen MR) is 63.4 cm³/mol. The monoisotopic (exact) mass is 204 g/mol. The maximum absolute atomic E-state index is 5.98. The van der Waals surface area contributed by atoms with Crippen molar-refractivity contribution in [3.05, 3.63) is 0 Å². The molecule has 0 aromatic heterocycles. The molecular formula is C10H24N2S. The second kappa shape index (κ2) is 8.85. The third kappa shape index (κ3) is 8.60. The van der Waals surface area contributed by atoms with Crippen molar-refractivity contribution in [2.75, 3.05) is 32.1 Å². The molecule has 2 nitrogen and oxygen atoms in total. The molecule has 0 fully saturated rings. The van der Waals surface area contributed by atoms with Crippen molar-refractivity contribution in [3.63, 3.8) is 0 Å². The molecule has 2 N–H and O–H groups in total. The molecule has 0 aromatic carbocycles. The minimum Gasteiger partial charge on any atom is -0.327 e. The number of thioether (sulfide) groups is 1. The first-order valence-corrected chi connectivity index (χ1v) is 6.53. The topological polar surface area (TPSA) is 29.3 Å². The molecule has 0 heterocycles. The molecule has 0 saturated heterocycles. The summed E-state index contributed by atoms with van der Waals surface area (Å²) in [7, 11) is 2.16. The minimum absolute atomic E-state index is 0.356. The Morgan fingerprint density at radius 1 is 1.46 bits per heavy atom. The van der Waals surface area contributed by atoms with Crippen molar-refractivity contribution >= 4 is 11.8 Å². The summed E-state index contributed by atoms with van der Waals surface area (Å²) < 4.78 is 0. The molecule has 0 aliphatic heterocycles. The van der Waals surface area contributed by atoms with E-state index in [1.54, 1.807) is 0 Å². The van der Waals surface area contributed by atoms with Crippen LogP contribution in [0.1, 0.15) is 26.2 Å². The molecule has 0 spiro atoms. The van der Waals surface area contributed by atoms with Gasteiger partial charge in [-0.3, -0.25) is 0 Å². The Bertz CT molecular complexity index is 97.1. The Labute approximate surface area is 87.2 Å². The summed E-state index contributed by atoms with van der Waals surface area (Å²) in [5, 5.41) is 0. The Morgan fingerprint density at radius 3 is 2.69 bits per heavy atom. The lowest BCUT2D eigenvalue weighted by atomic mass is 10.2. The van der Waals surface area contributed by atoms with E-state index < -0.39 is 0 Å². The maximum atomic E-state index is 5.98. The van der Waals surface area contributed by atoms with Gasteiger partial charge in [0, 0.05) is 12.6 Å². The van der Waals surface area contributed by atoms with Gasteiger partial charge < -0.3 is 10.6 Å². The van der Waals surface area contributed by atoms with Gasteiger partial charge in [-0.25, -0.2) is 0 Å². The van der Waals surface area contributed by atoms with Crippen LogP contribution in [-0.4, -0.2) is 43.1 Å². The first-order chi connectivity index (χ1) is 6.20. The molecule has 0 unspecified atom stereocenters. The number of nitrogens with zero attached hydrogens (tertiary/aromatic N) is 1. The van der Waals surface area contributed by atoms with Crippen LogP contribution in [0.3, 0.4) is 0 Å². The van der Waals surface area contributed by atoms with Crippen molar-refractivity contribution in [1.82, 2.24) is 4.90 Å². The lowest BCUT2D eigenvalue weighted by Gasteiger charge is -2.20. The molecule has 80 valence electrons. The van der Waals surface area contributed by atoms with E-state index in [0.29, 0.717) is 6.04 Å². The second-order valence-electron chi connectivity index (χ2n) is 3.66. The van der Waals surface area contributed by atoms with Gasteiger partial charge in [0.15, 0.2) is 0 Å². The summed E-state index contributed by atoms with van der Waals surface area (Å²) in [5.74, 6) is 1.18. The summed E-state index contributed by atoms with van der Waals surface area (Å²) in [6, 6.07) is 0.356. The molecule has 0 aromatic rings. The average Bonchev–Trinajstić information content (AvgIpc) is 2.11. The first kappa shape index (κ1) is 13.3. The quantitative estimate of drug-likeness (QED) is 0.654. The van der Waals surface area contributed by atoms with Gasteiger partial charge in [0.2, 0.25) is 0 Å². The van der Waals surface area contributed by atoms with Crippen LogP contribution in [0.4, 0.5) is 0 Å². The van der Waals surface area contributed by atoms with Gasteiger partial charge in [-0.05, 0) is 38.4 Å². The normalized spacial score (nSPS) is 13.6. The molecule has 0 amide bonds. The Balaban J connectivity index is 3.35. The highest BCUT2D eigenvalue weighted by Crippen LogP contribution is 2.00. The highest BCUT2D eigenvalue weighted by atomic mass is 32.2. The lowest BCUT2D eigenvalue weighted by Crippen LogP contribution is -2.36. The van der Waals surface area contributed by atoms with Crippen molar-refractivity contribution in [2.45, 2.75) is 32.2 Å². The van der Waals surface area contributed by atoms with E-state index in [2.05, 4.69) is 25.1 Å². The second-order valence-corrected chi connectivity index (χ2v) is 4.64. The fourth-order valence-electron chi connectivity index (χ4n) is 1.28. The van der Waals surface area contributed by atoms with Crippen molar-refractivity contribution in [3.8, 4) is 0 Å². The third-order valence-electron chi connectivity index (χ3n) is 2.13. The van der Waals surface area contributed by atoms with E-state index in [1.165, 1.54) is 25.1 Å². The van der Waals surface area contributed by atoms with Crippen molar-refractivity contribution < 1.29 is 0 Å². The summed E-state index contributed by atoms with van der Waals surface area (Å²) in [5.41, 5.74) is 5.98. The number of nitrogens with two attached hydrogens (primary N) is 1. The predicted octanol–water partition coefficient (Wildman–Crippen LogP) is 1.80. The van der Waals surface area contributed by atoms with Crippen LogP contribution in [0, 0.1) is 0 Å². The zero-order valence-corrected chi connectivity index (χ0v) is 10.1. The number of rotatable bonds is 8. The minimum atomic E-state index is 0.356. The molecule has 1 atom stereocenters. The highest BCUT2D eigenvalue weighted by molar-refractivity contribution is 7.98. The number of likely N-dealkylation sites (N-methyl/N-ethyl adjacent to an activating group) is 1. The first-order valence-electron chi connectivity index (χ1n) is 5.13. The van der Waals surface area contributed by atoms with Gasteiger partial charge in [-0.1, -0.05) is 13.3 Å². The van der Waals surface area contributed by atoms with Crippen LogP contribution in [0.15, 0.2) is 0 Å². The number of hydrogen-bond acceptors (Lipinski definition) is 3. The van der Waals surface area contributed by atoms with E-state index in [4.69, 9.17) is 5.73 Å². The number of hydrogen-bond donors (Lipinski definition) is 1. The molecule has 0 radical (unpaired) electrons. The Hall–Kier alpha value is 0.270. The SMILES string of the molecule is CCCCN(C)C[C@@H](N)CCSC. The zero-order valence-electron chi connectivity index (χ0n) is 9.25. The van der Waals surface area contributed by atoms with E-state index in [0.717, 1.165) is 13.0 Å². The maximum Gasteiger partial charge on any atom is 0.0175 e. The van der Waals surface area contributed by atoms with E-state index in [-0.39, 0.29) is 0 Å². The van der Waals surface area contributed by atoms with Crippen LogP contribution < -0.4 is 5.73 Å². The van der Waals surface area contributed by atoms with Gasteiger partial charge in [0.25, 0.3) is 0 Å².